The van der Waals surface area contributed by atoms with Crippen molar-refractivity contribution in [3.8, 4) is 5.75 Å². The lowest BCUT2D eigenvalue weighted by molar-refractivity contribution is 0.111. The van der Waals surface area contributed by atoms with Crippen molar-refractivity contribution in [3.63, 3.8) is 0 Å². The first-order valence-corrected chi connectivity index (χ1v) is 5.07. The van der Waals surface area contributed by atoms with Gasteiger partial charge >= 0.3 is 0 Å². The molecule has 3 nitrogen and oxygen atoms in total. The molecule has 0 atom stereocenters. The van der Waals surface area contributed by atoms with Gasteiger partial charge in [0.15, 0.2) is 6.29 Å². The topological polar surface area (TPSA) is 39.2 Å². The molecule has 2 aromatic rings. The minimum atomic E-state index is -0.387. The number of halogens is 1. The summed E-state index contributed by atoms with van der Waals surface area (Å²) < 4.78 is 18.1. The van der Waals surface area contributed by atoms with Crippen molar-refractivity contribution in [2.24, 2.45) is 0 Å². The summed E-state index contributed by atoms with van der Waals surface area (Å²) in [6.07, 6.45) is 1.86. The smallest absolute Gasteiger partial charge is 0.153 e. The molecule has 1 aromatic heterocycles. The van der Waals surface area contributed by atoms with Crippen LogP contribution in [-0.4, -0.2) is 11.3 Å². The van der Waals surface area contributed by atoms with Crippen LogP contribution >= 0.6 is 0 Å². The standard InChI is InChI=1S/C13H10FNO2/c14-11-5-6-12(15-7-11)9-17-13-4-2-1-3-10(13)8-16/h1-8H,9H2. The summed E-state index contributed by atoms with van der Waals surface area (Å²) in [5.41, 5.74) is 1.08. The molecule has 2 rings (SSSR count). The van der Waals surface area contributed by atoms with Gasteiger partial charge in [-0.3, -0.25) is 9.78 Å². The van der Waals surface area contributed by atoms with Crippen LogP contribution in [0.15, 0.2) is 42.6 Å². The SMILES string of the molecule is O=Cc1ccccc1OCc1ccc(F)cn1. The lowest BCUT2D eigenvalue weighted by atomic mass is 10.2. The summed E-state index contributed by atoms with van der Waals surface area (Å²) in [6, 6.07) is 9.76. The van der Waals surface area contributed by atoms with Crippen LogP contribution in [0.2, 0.25) is 0 Å². The van der Waals surface area contributed by atoms with E-state index in [1.54, 1.807) is 30.3 Å². The minimum Gasteiger partial charge on any atom is -0.487 e. The third kappa shape index (κ3) is 2.87. The number of rotatable bonds is 4. The van der Waals surface area contributed by atoms with Gasteiger partial charge in [-0.15, -0.1) is 0 Å². The summed E-state index contributed by atoms with van der Waals surface area (Å²) in [7, 11) is 0. The van der Waals surface area contributed by atoms with Crippen LogP contribution in [0.5, 0.6) is 5.75 Å². The Morgan fingerprint density at radius 3 is 2.76 bits per heavy atom. The summed E-state index contributed by atoms with van der Waals surface area (Å²) in [4.78, 5) is 14.6. The molecule has 17 heavy (non-hydrogen) atoms. The number of benzene rings is 1. The van der Waals surface area contributed by atoms with E-state index in [-0.39, 0.29) is 12.4 Å². The van der Waals surface area contributed by atoms with E-state index in [2.05, 4.69) is 4.98 Å². The fourth-order valence-corrected chi connectivity index (χ4v) is 1.35. The first-order valence-electron chi connectivity index (χ1n) is 5.07. The fourth-order valence-electron chi connectivity index (χ4n) is 1.35. The Bertz CT molecular complexity index is 511. The van der Waals surface area contributed by atoms with Crippen LogP contribution in [0, 0.1) is 5.82 Å². The zero-order valence-electron chi connectivity index (χ0n) is 8.97. The highest BCUT2D eigenvalue weighted by molar-refractivity contribution is 5.79. The van der Waals surface area contributed by atoms with Crippen molar-refractivity contribution >= 4 is 6.29 Å². The normalized spacial score (nSPS) is 9.94. The van der Waals surface area contributed by atoms with Gasteiger partial charge in [0.1, 0.15) is 18.2 Å². The molecule has 0 aliphatic heterocycles. The first kappa shape index (κ1) is 11.3. The largest absolute Gasteiger partial charge is 0.487 e. The van der Waals surface area contributed by atoms with Crippen LogP contribution in [-0.2, 0) is 6.61 Å². The van der Waals surface area contributed by atoms with Crippen molar-refractivity contribution in [2.75, 3.05) is 0 Å². The van der Waals surface area contributed by atoms with Gasteiger partial charge in [-0.05, 0) is 24.3 Å². The number of pyridine rings is 1. The Morgan fingerprint density at radius 2 is 2.06 bits per heavy atom. The van der Waals surface area contributed by atoms with Gasteiger partial charge < -0.3 is 4.74 Å². The lowest BCUT2D eigenvalue weighted by Crippen LogP contribution is -2.00. The third-order valence-corrected chi connectivity index (χ3v) is 2.21. The predicted octanol–water partition coefficient (Wildman–Crippen LogP) is 2.61. The molecule has 1 aromatic carbocycles. The van der Waals surface area contributed by atoms with Crippen LogP contribution in [0.25, 0.3) is 0 Å². The molecule has 0 bridgehead atoms. The maximum absolute atomic E-state index is 12.6. The summed E-state index contributed by atoms with van der Waals surface area (Å²) in [5, 5.41) is 0. The van der Waals surface area contributed by atoms with Gasteiger partial charge in [0.25, 0.3) is 0 Å². The lowest BCUT2D eigenvalue weighted by Gasteiger charge is -2.07. The molecule has 86 valence electrons. The zero-order valence-corrected chi connectivity index (χ0v) is 8.97. The molecule has 0 N–H and O–H groups in total. The van der Waals surface area contributed by atoms with Gasteiger partial charge in [-0.2, -0.15) is 0 Å². The third-order valence-electron chi connectivity index (χ3n) is 2.21. The van der Waals surface area contributed by atoms with Crippen LogP contribution in [0.4, 0.5) is 4.39 Å². The van der Waals surface area contributed by atoms with Crippen molar-refractivity contribution in [1.29, 1.82) is 0 Å². The first-order chi connectivity index (χ1) is 8.29. The van der Waals surface area contributed by atoms with Gasteiger partial charge in [0.2, 0.25) is 0 Å². The maximum Gasteiger partial charge on any atom is 0.153 e. The molecular formula is C13H10FNO2. The van der Waals surface area contributed by atoms with Crippen molar-refractivity contribution < 1.29 is 13.9 Å². The molecule has 0 unspecified atom stereocenters. The molecule has 0 aliphatic carbocycles. The highest BCUT2D eigenvalue weighted by atomic mass is 19.1. The number of nitrogens with zero attached hydrogens (tertiary/aromatic N) is 1. The second kappa shape index (κ2) is 5.21. The average Bonchev–Trinajstić information content (AvgIpc) is 2.38. The van der Waals surface area contributed by atoms with Crippen LogP contribution in [0.3, 0.4) is 0 Å². The van der Waals surface area contributed by atoms with Crippen LogP contribution in [0.1, 0.15) is 16.1 Å². The Kier molecular flexibility index (Phi) is 3.45. The molecule has 0 radical (unpaired) electrons. The average molecular weight is 231 g/mol. The highest BCUT2D eigenvalue weighted by Gasteiger charge is 2.02. The summed E-state index contributed by atoms with van der Waals surface area (Å²) in [6.45, 7) is 0.200. The highest BCUT2D eigenvalue weighted by Crippen LogP contribution is 2.16. The Labute approximate surface area is 97.9 Å². The number of ether oxygens (including phenoxy) is 1. The van der Waals surface area contributed by atoms with E-state index in [0.717, 1.165) is 12.5 Å². The molecule has 0 saturated heterocycles. The van der Waals surface area contributed by atoms with Gasteiger partial charge in [0.05, 0.1) is 17.5 Å². The second-order valence-corrected chi connectivity index (χ2v) is 3.41. The van der Waals surface area contributed by atoms with E-state index in [0.29, 0.717) is 17.0 Å². The van der Waals surface area contributed by atoms with Crippen molar-refractivity contribution in [2.45, 2.75) is 6.61 Å². The van der Waals surface area contributed by atoms with E-state index in [4.69, 9.17) is 4.74 Å². The molecule has 0 aliphatic rings. The number of aldehydes is 1. The number of hydrogen-bond donors (Lipinski definition) is 0. The van der Waals surface area contributed by atoms with Gasteiger partial charge in [-0.1, -0.05) is 12.1 Å². The fraction of sp³-hybridized carbons (Fsp3) is 0.0769. The van der Waals surface area contributed by atoms with E-state index in [9.17, 15) is 9.18 Å². The molecule has 4 heteroatoms. The second-order valence-electron chi connectivity index (χ2n) is 3.41. The molecule has 0 saturated carbocycles. The minimum absolute atomic E-state index is 0.200. The van der Waals surface area contributed by atoms with Crippen molar-refractivity contribution in [1.82, 2.24) is 4.98 Å². The number of carbonyl (C=O) groups excluding carboxylic acids is 1. The van der Waals surface area contributed by atoms with E-state index in [1.807, 2.05) is 0 Å². The molecule has 1 heterocycles. The van der Waals surface area contributed by atoms with Crippen molar-refractivity contribution in [3.05, 3.63) is 59.7 Å². The van der Waals surface area contributed by atoms with Crippen LogP contribution < -0.4 is 4.74 Å². The zero-order chi connectivity index (χ0) is 12.1. The predicted molar refractivity (Wildman–Crippen MR) is 60.4 cm³/mol. The summed E-state index contributed by atoms with van der Waals surface area (Å²) in [5.74, 6) is 0.107. The Balaban J connectivity index is 2.07. The molecular weight excluding hydrogens is 221 g/mol. The van der Waals surface area contributed by atoms with E-state index >= 15 is 0 Å². The number of carbonyl (C=O) groups is 1. The monoisotopic (exact) mass is 231 g/mol. The Morgan fingerprint density at radius 1 is 1.24 bits per heavy atom. The quantitative estimate of drug-likeness (QED) is 0.759. The molecule has 0 amide bonds. The van der Waals surface area contributed by atoms with Gasteiger partial charge in [0, 0.05) is 0 Å². The Hall–Kier alpha value is -2.23. The molecule has 0 fully saturated rings. The maximum atomic E-state index is 12.6. The van der Waals surface area contributed by atoms with E-state index in [1.165, 1.54) is 6.07 Å². The number of aromatic nitrogens is 1. The number of hydrogen-bond acceptors (Lipinski definition) is 3. The molecule has 0 spiro atoms. The van der Waals surface area contributed by atoms with E-state index < -0.39 is 0 Å². The van der Waals surface area contributed by atoms with Gasteiger partial charge in [-0.25, -0.2) is 4.39 Å². The summed E-state index contributed by atoms with van der Waals surface area (Å²) >= 11 is 0. The number of para-hydroxylation sites is 1.